The van der Waals surface area contributed by atoms with Crippen LogP contribution in [0.2, 0.25) is 0 Å². The van der Waals surface area contributed by atoms with E-state index in [1.165, 1.54) is 6.20 Å². The zero-order valence-corrected chi connectivity index (χ0v) is 15.2. The van der Waals surface area contributed by atoms with Gasteiger partial charge in [0.05, 0.1) is 31.3 Å². The number of ketones is 1. The monoisotopic (exact) mass is 412 g/mol. The van der Waals surface area contributed by atoms with Gasteiger partial charge in [0, 0.05) is 25.2 Å². The number of carbonyl (C=O) groups excluding carboxylic acids is 2. The van der Waals surface area contributed by atoms with Crippen molar-refractivity contribution >= 4 is 29.3 Å². The number of ether oxygens (including phenoxy) is 1. The van der Waals surface area contributed by atoms with Gasteiger partial charge in [0.25, 0.3) is 0 Å². The minimum atomic E-state index is -1.64. The van der Waals surface area contributed by atoms with E-state index >= 15 is 0 Å². The minimum Gasteiger partial charge on any atom is -0.387 e. The van der Waals surface area contributed by atoms with E-state index in [1.54, 1.807) is 0 Å². The van der Waals surface area contributed by atoms with Crippen LogP contribution in [0.15, 0.2) is 23.3 Å². The molecule has 2 aliphatic rings. The lowest BCUT2D eigenvalue weighted by Gasteiger charge is -2.26. The lowest BCUT2D eigenvalue weighted by atomic mass is 10.1. The van der Waals surface area contributed by atoms with Crippen LogP contribution in [0, 0.1) is 17.5 Å². The van der Waals surface area contributed by atoms with E-state index in [0.717, 1.165) is 21.9 Å². The quantitative estimate of drug-likeness (QED) is 0.308. The van der Waals surface area contributed by atoms with Crippen molar-refractivity contribution < 1.29 is 32.6 Å². The molecular formula is C18H19F3N4O4. The molecule has 2 unspecified atom stereocenters. The maximum atomic E-state index is 14.7. The topological polar surface area (TPSA) is 108 Å². The molecule has 0 aliphatic carbocycles. The van der Waals surface area contributed by atoms with Gasteiger partial charge in [-0.15, -0.1) is 0 Å². The molecule has 1 saturated heterocycles. The van der Waals surface area contributed by atoms with Crippen LogP contribution in [-0.2, 0) is 14.3 Å². The molecule has 0 aromatic heterocycles. The SMILES string of the molecule is NC(CC=O)=NCC1CN(c2cc(F)c(N3C=CC(=O)CC3)c(F)c2F)C(O)O1. The molecule has 0 spiro atoms. The van der Waals surface area contributed by atoms with Crippen molar-refractivity contribution in [3.63, 3.8) is 0 Å². The molecule has 1 aromatic carbocycles. The molecule has 0 radical (unpaired) electrons. The van der Waals surface area contributed by atoms with Crippen LogP contribution in [0.5, 0.6) is 0 Å². The highest BCUT2D eigenvalue weighted by Gasteiger charge is 2.35. The summed E-state index contributed by atoms with van der Waals surface area (Å²) < 4.78 is 49.1. The van der Waals surface area contributed by atoms with E-state index in [1.807, 2.05) is 0 Å². The molecule has 0 amide bonds. The highest BCUT2D eigenvalue weighted by Crippen LogP contribution is 2.35. The van der Waals surface area contributed by atoms with E-state index in [-0.39, 0.29) is 44.1 Å². The fraction of sp³-hybridized carbons (Fsp3) is 0.389. The molecule has 0 saturated carbocycles. The number of nitrogens with zero attached hydrogens (tertiary/aromatic N) is 3. The van der Waals surface area contributed by atoms with Crippen molar-refractivity contribution in [2.45, 2.75) is 25.4 Å². The summed E-state index contributed by atoms with van der Waals surface area (Å²) in [5, 5.41) is 10.0. The van der Waals surface area contributed by atoms with Gasteiger partial charge in [-0.2, -0.15) is 0 Å². The van der Waals surface area contributed by atoms with E-state index < -0.39 is 41.3 Å². The van der Waals surface area contributed by atoms with E-state index in [0.29, 0.717) is 6.29 Å². The second-order valence-corrected chi connectivity index (χ2v) is 6.52. The Bertz CT molecular complexity index is 877. The molecule has 29 heavy (non-hydrogen) atoms. The molecule has 156 valence electrons. The number of rotatable bonds is 6. The van der Waals surface area contributed by atoms with Gasteiger partial charge in [0.2, 0.25) is 6.41 Å². The third-order valence-electron chi connectivity index (χ3n) is 4.52. The number of amidine groups is 1. The fourth-order valence-corrected chi connectivity index (χ4v) is 3.08. The predicted octanol–water partition coefficient (Wildman–Crippen LogP) is 0.824. The molecule has 0 bridgehead atoms. The number of aliphatic hydroxyl groups is 1. The molecule has 2 atom stereocenters. The standard InChI is InChI=1S/C18H19F3N4O4/c19-12-7-13(15(20)16(21)17(12)24-4-1-10(27)2-5-24)25-9-11(29-18(25)28)8-23-14(22)3-6-26/h1,4,6-7,11,18,28H,2-3,5,8-9H2,(H2,22,23). The first-order valence-corrected chi connectivity index (χ1v) is 8.79. The third-order valence-corrected chi connectivity index (χ3v) is 4.52. The van der Waals surface area contributed by atoms with Crippen LogP contribution >= 0.6 is 0 Å². The molecule has 1 aromatic rings. The van der Waals surface area contributed by atoms with Gasteiger partial charge in [-0.3, -0.25) is 9.79 Å². The summed E-state index contributed by atoms with van der Waals surface area (Å²) >= 11 is 0. The summed E-state index contributed by atoms with van der Waals surface area (Å²) in [6.07, 6.45) is 0.539. The van der Waals surface area contributed by atoms with Gasteiger partial charge in [-0.05, 0) is 6.08 Å². The van der Waals surface area contributed by atoms with Crippen LogP contribution in [0.4, 0.5) is 24.5 Å². The van der Waals surface area contributed by atoms with Gasteiger partial charge in [-0.1, -0.05) is 0 Å². The second kappa shape index (κ2) is 8.62. The Hall–Kier alpha value is -2.92. The molecule has 8 nitrogen and oxygen atoms in total. The average Bonchev–Trinajstić information content (AvgIpc) is 3.05. The Morgan fingerprint density at radius 3 is 2.79 bits per heavy atom. The zero-order chi connectivity index (χ0) is 21.1. The minimum absolute atomic E-state index is 0.0136. The first-order valence-electron chi connectivity index (χ1n) is 8.79. The molecule has 3 N–H and O–H groups in total. The summed E-state index contributed by atoms with van der Waals surface area (Å²) in [5.41, 5.74) is 4.37. The van der Waals surface area contributed by atoms with Crippen LogP contribution in [0.1, 0.15) is 12.8 Å². The highest BCUT2D eigenvalue weighted by atomic mass is 19.2. The number of hydrogen-bond donors (Lipinski definition) is 2. The van der Waals surface area contributed by atoms with Crippen LogP contribution < -0.4 is 15.5 Å². The van der Waals surface area contributed by atoms with Gasteiger partial charge >= 0.3 is 0 Å². The largest absolute Gasteiger partial charge is 0.387 e. The Labute approximate surface area is 164 Å². The molecule has 1 fully saturated rings. The first kappa shape index (κ1) is 20.8. The summed E-state index contributed by atoms with van der Waals surface area (Å²) in [6, 6.07) is 0.761. The van der Waals surface area contributed by atoms with Crippen LogP contribution in [0.25, 0.3) is 0 Å². The molecule has 2 heterocycles. The number of aliphatic imine (C=N–C) groups is 1. The number of hydrogen-bond acceptors (Lipinski definition) is 7. The average molecular weight is 412 g/mol. The van der Waals surface area contributed by atoms with Gasteiger partial charge < -0.3 is 30.2 Å². The van der Waals surface area contributed by atoms with Gasteiger partial charge in [-0.25, -0.2) is 13.2 Å². The molecule has 11 heteroatoms. The van der Waals surface area contributed by atoms with Crippen molar-refractivity contribution in [2.75, 3.05) is 29.4 Å². The Balaban J connectivity index is 1.82. The van der Waals surface area contributed by atoms with Crippen molar-refractivity contribution in [1.29, 1.82) is 0 Å². The number of carbonyl (C=O) groups is 2. The summed E-state index contributed by atoms with van der Waals surface area (Å²) in [5.74, 6) is -3.99. The summed E-state index contributed by atoms with van der Waals surface area (Å²) in [4.78, 5) is 27.6. The number of halogens is 3. The van der Waals surface area contributed by atoms with Crippen LogP contribution in [0.3, 0.4) is 0 Å². The molecular weight excluding hydrogens is 393 g/mol. The number of aldehydes is 1. The Kier molecular flexibility index (Phi) is 6.18. The van der Waals surface area contributed by atoms with Gasteiger partial charge in [0.1, 0.15) is 17.8 Å². The number of aliphatic hydroxyl groups excluding tert-OH is 1. The van der Waals surface area contributed by atoms with Gasteiger partial charge in [0.15, 0.2) is 23.2 Å². The Morgan fingerprint density at radius 1 is 1.38 bits per heavy atom. The van der Waals surface area contributed by atoms with E-state index in [4.69, 9.17) is 10.5 Å². The van der Waals surface area contributed by atoms with E-state index in [9.17, 15) is 27.9 Å². The van der Waals surface area contributed by atoms with Crippen molar-refractivity contribution in [1.82, 2.24) is 0 Å². The zero-order valence-electron chi connectivity index (χ0n) is 15.2. The number of benzene rings is 1. The lowest BCUT2D eigenvalue weighted by molar-refractivity contribution is -0.114. The second-order valence-electron chi connectivity index (χ2n) is 6.52. The normalized spacial score (nSPS) is 22.5. The Morgan fingerprint density at radius 2 is 2.14 bits per heavy atom. The van der Waals surface area contributed by atoms with Crippen molar-refractivity contribution in [3.05, 3.63) is 35.8 Å². The smallest absolute Gasteiger partial charge is 0.238 e. The van der Waals surface area contributed by atoms with Crippen LogP contribution in [-0.4, -0.2) is 55.2 Å². The number of nitrogens with two attached hydrogens (primary N) is 1. The molecule has 3 rings (SSSR count). The third kappa shape index (κ3) is 4.40. The molecule has 2 aliphatic heterocycles. The summed E-state index contributed by atoms with van der Waals surface area (Å²) in [7, 11) is 0. The van der Waals surface area contributed by atoms with Crippen molar-refractivity contribution in [3.8, 4) is 0 Å². The fourth-order valence-electron chi connectivity index (χ4n) is 3.08. The predicted molar refractivity (Wildman–Crippen MR) is 97.8 cm³/mol. The first-order chi connectivity index (χ1) is 13.8. The number of allylic oxidation sites excluding steroid dienone is 1. The summed E-state index contributed by atoms with van der Waals surface area (Å²) in [6.45, 7) is -0.115. The lowest BCUT2D eigenvalue weighted by Crippen LogP contribution is -2.32. The van der Waals surface area contributed by atoms with Crippen molar-refractivity contribution in [2.24, 2.45) is 10.7 Å². The highest BCUT2D eigenvalue weighted by molar-refractivity contribution is 5.92. The van der Waals surface area contributed by atoms with E-state index in [2.05, 4.69) is 4.99 Å². The maximum absolute atomic E-state index is 14.7. The number of anilines is 2. The maximum Gasteiger partial charge on any atom is 0.238 e.